The number of fused-ring (bicyclic) bond motifs is 1. The number of rotatable bonds is 2. The number of hydrogen-bond donors (Lipinski definition) is 1. The third-order valence-electron chi connectivity index (χ3n) is 4.12. The number of hydrogen-bond acceptors (Lipinski definition) is 3. The Morgan fingerprint density at radius 2 is 2.29 bits per heavy atom. The number of halogens is 1. The fraction of sp³-hybridized carbons (Fsp3) is 0.467. The highest BCUT2D eigenvalue weighted by Gasteiger charge is 2.34. The van der Waals surface area contributed by atoms with E-state index in [9.17, 15) is 9.59 Å². The Balaban J connectivity index is 1.59. The van der Waals surface area contributed by atoms with Crippen LogP contribution in [0.5, 0.6) is 0 Å². The molecule has 0 spiro atoms. The maximum absolute atomic E-state index is 12.2. The van der Waals surface area contributed by atoms with E-state index in [0.29, 0.717) is 29.3 Å². The van der Waals surface area contributed by atoms with Gasteiger partial charge < -0.3 is 14.6 Å². The van der Waals surface area contributed by atoms with Crippen molar-refractivity contribution in [3.63, 3.8) is 0 Å². The topological polar surface area (TPSA) is 62.6 Å². The summed E-state index contributed by atoms with van der Waals surface area (Å²) in [6, 6.07) is 3.83. The lowest BCUT2D eigenvalue weighted by atomic mass is 9.85. The van der Waals surface area contributed by atoms with Gasteiger partial charge in [0.2, 0.25) is 11.8 Å². The number of furan rings is 1. The van der Waals surface area contributed by atoms with Crippen LogP contribution >= 0.6 is 15.9 Å². The molecule has 6 heteroatoms. The summed E-state index contributed by atoms with van der Waals surface area (Å²) in [7, 11) is 0. The van der Waals surface area contributed by atoms with E-state index in [1.165, 1.54) is 0 Å². The number of nitrogens with zero attached hydrogens (tertiary/aromatic N) is 1. The molecule has 2 aliphatic heterocycles. The van der Waals surface area contributed by atoms with E-state index in [2.05, 4.69) is 21.2 Å². The van der Waals surface area contributed by atoms with Gasteiger partial charge in [-0.2, -0.15) is 0 Å². The Morgan fingerprint density at radius 3 is 3.05 bits per heavy atom. The van der Waals surface area contributed by atoms with Crippen LogP contribution in [0.1, 0.15) is 25.0 Å². The lowest BCUT2D eigenvalue weighted by molar-refractivity contribution is -0.130. The fourth-order valence-corrected chi connectivity index (χ4v) is 3.31. The number of nitrogens with one attached hydrogen (secondary N) is 1. The zero-order valence-electron chi connectivity index (χ0n) is 11.5. The van der Waals surface area contributed by atoms with E-state index in [-0.39, 0.29) is 17.9 Å². The molecule has 0 saturated carbocycles. The van der Waals surface area contributed by atoms with Crippen LogP contribution in [0.3, 0.4) is 0 Å². The standard InChI is InChI=1S/C15H17BrN2O3/c16-13-4-2-11(21-13)3-6-15(20)18-8-7-12-10(9-18)1-5-14(19)17-12/h2-4,6,10,12H,1,5,7-9H2,(H,17,19)/b6-3+. The molecule has 2 aliphatic rings. The van der Waals surface area contributed by atoms with Crippen LogP contribution in [0, 0.1) is 5.92 Å². The van der Waals surface area contributed by atoms with Crippen LogP contribution in [0.25, 0.3) is 6.08 Å². The molecular formula is C15H17BrN2O3. The Labute approximate surface area is 131 Å². The van der Waals surface area contributed by atoms with Crippen molar-refractivity contribution >= 4 is 33.8 Å². The first-order valence-electron chi connectivity index (χ1n) is 7.13. The number of likely N-dealkylation sites (tertiary alicyclic amines) is 1. The highest BCUT2D eigenvalue weighted by atomic mass is 79.9. The molecule has 1 N–H and O–H groups in total. The van der Waals surface area contributed by atoms with Crippen molar-refractivity contribution in [2.75, 3.05) is 13.1 Å². The van der Waals surface area contributed by atoms with Crippen molar-refractivity contribution < 1.29 is 14.0 Å². The molecule has 3 heterocycles. The van der Waals surface area contributed by atoms with Gasteiger partial charge in [0.25, 0.3) is 0 Å². The molecule has 5 nitrogen and oxygen atoms in total. The third-order valence-corrected chi connectivity index (χ3v) is 4.54. The summed E-state index contributed by atoms with van der Waals surface area (Å²) in [4.78, 5) is 25.4. The average molecular weight is 353 g/mol. The van der Waals surface area contributed by atoms with Crippen molar-refractivity contribution in [1.29, 1.82) is 0 Å². The van der Waals surface area contributed by atoms with Crippen molar-refractivity contribution in [3.8, 4) is 0 Å². The van der Waals surface area contributed by atoms with Gasteiger partial charge in [0, 0.05) is 31.6 Å². The molecule has 0 bridgehead atoms. The molecule has 3 rings (SSSR count). The zero-order chi connectivity index (χ0) is 14.8. The first-order chi connectivity index (χ1) is 10.1. The van der Waals surface area contributed by atoms with Crippen LogP contribution in [0.15, 0.2) is 27.3 Å². The predicted octanol–water partition coefficient (Wildman–Crippen LogP) is 2.18. The molecule has 1 aromatic heterocycles. The zero-order valence-corrected chi connectivity index (χ0v) is 13.1. The highest BCUT2D eigenvalue weighted by Crippen LogP contribution is 2.25. The van der Waals surface area contributed by atoms with Crippen molar-refractivity contribution in [1.82, 2.24) is 10.2 Å². The molecule has 0 aliphatic carbocycles. The molecule has 2 saturated heterocycles. The van der Waals surface area contributed by atoms with Gasteiger partial charge in [-0.3, -0.25) is 9.59 Å². The van der Waals surface area contributed by atoms with E-state index < -0.39 is 0 Å². The van der Waals surface area contributed by atoms with Gasteiger partial charge in [0.05, 0.1) is 0 Å². The van der Waals surface area contributed by atoms with Crippen LogP contribution in [-0.4, -0.2) is 35.8 Å². The maximum atomic E-state index is 12.2. The quantitative estimate of drug-likeness (QED) is 0.829. The summed E-state index contributed by atoms with van der Waals surface area (Å²) in [5, 5.41) is 3.02. The Hall–Kier alpha value is -1.56. The lowest BCUT2D eigenvalue weighted by Gasteiger charge is -2.41. The minimum atomic E-state index is -0.00197. The Bertz CT molecular complexity index is 581. The molecule has 2 unspecified atom stereocenters. The highest BCUT2D eigenvalue weighted by molar-refractivity contribution is 9.10. The molecule has 112 valence electrons. The smallest absolute Gasteiger partial charge is 0.246 e. The predicted molar refractivity (Wildman–Crippen MR) is 81.3 cm³/mol. The summed E-state index contributed by atoms with van der Waals surface area (Å²) >= 11 is 3.23. The second kappa shape index (κ2) is 6.05. The Kier molecular flexibility index (Phi) is 4.14. The van der Waals surface area contributed by atoms with Crippen LogP contribution < -0.4 is 5.32 Å². The van der Waals surface area contributed by atoms with Gasteiger partial charge in [0.1, 0.15) is 5.76 Å². The normalized spacial score (nSPS) is 25.8. The summed E-state index contributed by atoms with van der Waals surface area (Å²) in [5.41, 5.74) is 0. The molecule has 21 heavy (non-hydrogen) atoms. The largest absolute Gasteiger partial charge is 0.450 e. The summed E-state index contributed by atoms with van der Waals surface area (Å²) < 4.78 is 5.98. The average Bonchev–Trinajstić information content (AvgIpc) is 2.90. The maximum Gasteiger partial charge on any atom is 0.246 e. The molecule has 1 aromatic rings. The van der Waals surface area contributed by atoms with E-state index in [0.717, 1.165) is 19.4 Å². The van der Waals surface area contributed by atoms with Crippen LogP contribution in [0.4, 0.5) is 0 Å². The van der Waals surface area contributed by atoms with Crippen molar-refractivity contribution in [2.24, 2.45) is 5.92 Å². The summed E-state index contributed by atoms with van der Waals surface area (Å²) in [6.45, 7) is 1.41. The van der Waals surface area contributed by atoms with Gasteiger partial charge in [-0.05, 0) is 52.9 Å². The molecule has 0 radical (unpaired) electrons. The van der Waals surface area contributed by atoms with Gasteiger partial charge in [-0.1, -0.05) is 0 Å². The van der Waals surface area contributed by atoms with Gasteiger partial charge in [-0.25, -0.2) is 0 Å². The van der Waals surface area contributed by atoms with E-state index >= 15 is 0 Å². The van der Waals surface area contributed by atoms with E-state index in [1.807, 2.05) is 4.90 Å². The first-order valence-corrected chi connectivity index (χ1v) is 7.93. The lowest BCUT2D eigenvalue weighted by Crippen LogP contribution is -2.54. The molecule has 2 fully saturated rings. The third kappa shape index (κ3) is 3.37. The summed E-state index contributed by atoms with van der Waals surface area (Å²) in [6.07, 6.45) is 5.51. The second-order valence-corrected chi connectivity index (χ2v) is 6.30. The number of piperidine rings is 2. The fourth-order valence-electron chi connectivity index (χ4n) is 2.99. The number of amides is 2. The van der Waals surface area contributed by atoms with Crippen LogP contribution in [-0.2, 0) is 9.59 Å². The number of carbonyl (C=O) groups is 2. The first kappa shape index (κ1) is 14.4. The second-order valence-electron chi connectivity index (χ2n) is 5.52. The van der Waals surface area contributed by atoms with Crippen molar-refractivity contribution in [2.45, 2.75) is 25.3 Å². The van der Waals surface area contributed by atoms with Gasteiger partial charge >= 0.3 is 0 Å². The molecular weight excluding hydrogens is 336 g/mol. The Morgan fingerprint density at radius 1 is 1.43 bits per heavy atom. The van der Waals surface area contributed by atoms with Gasteiger partial charge in [-0.15, -0.1) is 0 Å². The number of carbonyl (C=O) groups excluding carboxylic acids is 2. The van der Waals surface area contributed by atoms with Crippen LogP contribution in [0.2, 0.25) is 0 Å². The van der Waals surface area contributed by atoms with E-state index in [4.69, 9.17) is 4.42 Å². The van der Waals surface area contributed by atoms with E-state index in [1.54, 1.807) is 24.3 Å². The summed E-state index contributed by atoms with van der Waals surface area (Å²) in [5.74, 6) is 1.17. The monoisotopic (exact) mass is 352 g/mol. The molecule has 2 amide bonds. The molecule has 2 atom stereocenters. The minimum Gasteiger partial charge on any atom is -0.450 e. The molecule has 0 aromatic carbocycles. The SMILES string of the molecule is O=C1CCC2CN(C(=O)/C=C/c3ccc(Br)o3)CCC2N1. The van der Waals surface area contributed by atoms with Crippen molar-refractivity contribution in [3.05, 3.63) is 28.6 Å². The minimum absolute atomic E-state index is 0.00197. The van der Waals surface area contributed by atoms with Gasteiger partial charge in [0.15, 0.2) is 4.67 Å².